The summed E-state index contributed by atoms with van der Waals surface area (Å²) in [6, 6.07) is 14.5. The van der Waals surface area contributed by atoms with E-state index in [1.54, 1.807) is 13.0 Å². The first kappa shape index (κ1) is 15.7. The Morgan fingerprint density at radius 1 is 1.05 bits per heavy atom. The Kier molecular flexibility index (Phi) is 4.79. The molecule has 0 spiro atoms. The number of benzene rings is 2. The van der Waals surface area contributed by atoms with Crippen LogP contribution in [0.2, 0.25) is 0 Å². The highest BCUT2D eigenvalue weighted by molar-refractivity contribution is 5.30. The standard InChI is InChI=1S/C19H23FO/c1-14(2)10-15-6-4-8-17(11-15)19(3,21)13-16-7-5-9-18(20)12-16/h4-9,11-12,14,21H,10,13H2,1-3H3. The third kappa shape index (κ3) is 4.40. The lowest BCUT2D eigenvalue weighted by molar-refractivity contribution is 0.0575. The molecule has 1 atom stereocenters. The van der Waals surface area contributed by atoms with Gasteiger partial charge in [-0.05, 0) is 48.1 Å². The first-order chi connectivity index (χ1) is 9.87. The van der Waals surface area contributed by atoms with Crippen molar-refractivity contribution in [3.05, 3.63) is 71.0 Å². The Hall–Kier alpha value is -1.67. The fourth-order valence-corrected chi connectivity index (χ4v) is 2.65. The summed E-state index contributed by atoms with van der Waals surface area (Å²) >= 11 is 0. The molecule has 0 amide bonds. The molecule has 0 saturated heterocycles. The lowest BCUT2D eigenvalue weighted by Crippen LogP contribution is -2.24. The molecule has 2 rings (SSSR count). The molecule has 1 nitrogen and oxygen atoms in total. The first-order valence-corrected chi connectivity index (χ1v) is 7.43. The van der Waals surface area contributed by atoms with Crippen LogP contribution in [0.25, 0.3) is 0 Å². The summed E-state index contributed by atoms with van der Waals surface area (Å²) in [4.78, 5) is 0. The van der Waals surface area contributed by atoms with Crippen molar-refractivity contribution < 1.29 is 9.50 Å². The van der Waals surface area contributed by atoms with Crippen molar-refractivity contribution >= 4 is 0 Å². The van der Waals surface area contributed by atoms with Crippen molar-refractivity contribution in [3.8, 4) is 0 Å². The van der Waals surface area contributed by atoms with E-state index >= 15 is 0 Å². The quantitative estimate of drug-likeness (QED) is 0.859. The third-order valence-corrected chi connectivity index (χ3v) is 3.63. The van der Waals surface area contributed by atoms with Crippen molar-refractivity contribution in [1.82, 2.24) is 0 Å². The Balaban J connectivity index is 2.22. The zero-order chi connectivity index (χ0) is 15.5. The van der Waals surface area contributed by atoms with Gasteiger partial charge < -0.3 is 5.11 Å². The van der Waals surface area contributed by atoms with E-state index in [1.807, 2.05) is 18.2 Å². The fraction of sp³-hybridized carbons (Fsp3) is 0.368. The molecule has 0 aliphatic carbocycles. The SMILES string of the molecule is CC(C)Cc1cccc(C(C)(O)Cc2cccc(F)c2)c1. The highest BCUT2D eigenvalue weighted by Crippen LogP contribution is 2.27. The maximum Gasteiger partial charge on any atom is 0.123 e. The van der Waals surface area contributed by atoms with Gasteiger partial charge in [0.1, 0.15) is 5.82 Å². The highest BCUT2D eigenvalue weighted by Gasteiger charge is 2.24. The molecule has 0 bridgehead atoms. The van der Waals surface area contributed by atoms with E-state index in [2.05, 4.69) is 26.0 Å². The molecule has 21 heavy (non-hydrogen) atoms. The molecule has 0 aliphatic rings. The average Bonchev–Trinajstić information content (AvgIpc) is 2.37. The summed E-state index contributed by atoms with van der Waals surface area (Å²) in [5.41, 5.74) is 1.90. The first-order valence-electron chi connectivity index (χ1n) is 7.43. The molecule has 0 aliphatic heterocycles. The predicted molar refractivity (Wildman–Crippen MR) is 84.7 cm³/mol. The average molecular weight is 286 g/mol. The molecule has 0 aromatic heterocycles. The van der Waals surface area contributed by atoms with Crippen LogP contribution in [0.3, 0.4) is 0 Å². The summed E-state index contributed by atoms with van der Waals surface area (Å²) in [6.45, 7) is 6.14. The molecular formula is C19H23FO. The van der Waals surface area contributed by atoms with Gasteiger partial charge in [0, 0.05) is 6.42 Å². The monoisotopic (exact) mass is 286 g/mol. The predicted octanol–water partition coefficient (Wildman–Crippen LogP) is 4.47. The van der Waals surface area contributed by atoms with Crippen LogP contribution in [0.5, 0.6) is 0 Å². The van der Waals surface area contributed by atoms with Crippen molar-refractivity contribution in [2.75, 3.05) is 0 Å². The zero-order valence-electron chi connectivity index (χ0n) is 12.9. The van der Waals surface area contributed by atoms with Gasteiger partial charge in [0.2, 0.25) is 0 Å². The van der Waals surface area contributed by atoms with E-state index in [0.29, 0.717) is 12.3 Å². The van der Waals surface area contributed by atoms with Crippen LogP contribution in [0.4, 0.5) is 4.39 Å². The van der Waals surface area contributed by atoms with Crippen LogP contribution >= 0.6 is 0 Å². The molecule has 0 heterocycles. The van der Waals surface area contributed by atoms with E-state index in [9.17, 15) is 9.50 Å². The molecule has 1 unspecified atom stereocenters. The van der Waals surface area contributed by atoms with Crippen molar-refractivity contribution in [3.63, 3.8) is 0 Å². The number of aliphatic hydroxyl groups is 1. The van der Waals surface area contributed by atoms with E-state index in [0.717, 1.165) is 17.5 Å². The number of rotatable bonds is 5. The van der Waals surface area contributed by atoms with Crippen LogP contribution in [0, 0.1) is 11.7 Å². The van der Waals surface area contributed by atoms with Gasteiger partial charge in [-0.3, -0.25) is 0 Å². The van der Waals surface area contributed by atoms with Gasteiger partial charge in [-0.2, -0.15) is 0 Å². The number of halogens is 1. The molecule has 2 aromatic carbocycles. The van der Waals surface area contributed by atoms with Crippen molar-refractivity contribution in [1.29, 1.82) is 0 Å². The molecule has 1 N–H and O–H groups in total. The minimum atomic E-state index is -0.999. The zero-order valence-corrected chi connectivity index (χ0v) is 12.9. The minimum absolute atomic E-state index is 0.267. The summed E-state index contributed by atoms with van der Waals surface area (Å²) in [6.07, 6.45) is 1.39. The molecule has 0 radical (unpaired) electrons. The van der Waals surface area contributed by atoms with Gasteiger partial charge in [-0.25, -0.2) is 4.39 Å². The van der Waals surface area contributed by atoms with Crippen molar-refractivity contribution in [2.45, 2.75) is 39.2 Å². The maximum absolute atomic E-state index is 13.3. The second kappa shape index (κ2) is 6.40. The molecule has 2 heteroatoms. The minimum Gasteiger partial charge on any atom is -0.385 e. The van der Waals surface area contributed by atoms with Crippen molar-refractivity contribution in [2.24, 2.45) is 5.92 Å². The third-order valence-electron chi connectivity index (χ3n) is 3.63. The van der Waals surface area contributed by atoms with E-state index in [1.165, 1.54) is 17.7 Å². The molecule has 0 fully saturated rings. The molecular weight excluding hydrogens is 263 g/mol. The van der Waals surface area contributed by atoms with E-state index in [-0.39, 0.29) is 5.82 Å². The number of hydrogen-bond acceptors (Lipinski definition) is 1. The summed E-state index contributed by atoms with van der Waals surface area (Å²) < 4.78 is 13.3. The van der Waals surface area contributed by atoms with Gasteiger partial charge in [-0.15, -0.1) is 0 Å². The number of hydrogen-bond donors (Lipinski definition) is 1. The largest absolute Gasteiger partial charge is 0.385 e. The van der Waals surface area contributed by atoms with Gasteiger partial charge in [-0.1, -0.05) is 50.2 Å². The molecule has 0 saturated carbocycles. The lowest BCUT2D eigenvalue weighted by Gasteiger charge is -2.25. The molecule has 112 valence electrons. The Morgan fingerprint density at radius 3 is 2.38 bits per heavy atom. The second-order valence-electron chi connectivity index (χ2n) is 6.38. The van der Waals surface area contributed by atoms with E-state index < -0.39 is 5.60 Å². The van der Waals surface area contributed by atoms with Gasteiger partial charge in [0.15, 0.2) is 0 Å². The normalized spacial score (nSPS) is 14.2. The lowest BCUT2D eigenvalue weighted by atomic mass is 9.87. The second-order valence-corrected chi connectivity index (χ2v) is 6.38. The smallest absolute Gasteiger partial charge is 0.123 e. The Labute approximate surface area is 126 Å². The fourth-order valence-electron chi connectivity index (χ4n) is 2.65. The van der Waals surface area contributed by atoms with Crippen LogP contribution in [0.15, 0.2) is 48.5 Å². The van der Waals surface area contributed by atoms with Gasteiger partial charge in [0.05, 0.1) is 5.60 Å². The van der Waals surface area contributed by atoms with Gasteiger partial charge in [0.25, 0.3) is 0 Å². The highest BCUT2D eigenvalue weighted by atomic mass is 19.1. The summed E-state index contributed by atoms with van der Waals surface area (Å²) in [7, 11) is 0. The van der Waals surface area contributed by atoms with Crippen LogP contribution < -0.4 is 0 Å². The summed E-state index contributed by atoms with van der Waals surface area (Å²) in [5, 5.41) is 10.8. The molecule has 2 aromatic rings. The summed E-state index contributed by atoms with van der Waals surface area (Å²) in [5.74, 6) is 0.310. The topological polar surface area (TPSA) is 20.2 Å². The van der Waals surface area contributed by atoms with Crippen LogP contribution in [-0.2, 0) is 18.4 Å². The Bertz CT molecular complexity index is 602. The van der Waals surface area contributed by atoms with Gasteiger partial charge >= 0.3 is 0 Å². The maximum atomic E-state index is 13.3. The van der Waals surface area contributed by atoms with Crippen LogP contribution in [-0.4, -0.2) is 5.11 Å². The van der Waals surface area contributed by atoms with E-state index in [4.69, 9.17) is 0 Å². The van der Waals surface area contributed by atoms with Crippen LogP contribution in [0.1, 0.15) is 37.5 Å². The Morgan fingerprint density at radius 2 is 1.71 bits per heavy atom.